The summed E-state index contributed by atoms with van der Waals surface area (Å²) in [5.74, 6) is -0.306. The molecule has 3 N–H and O–H groups in total. The van der Waals surface area contributed by atoms with Gasteiger partial charge < -0.3 is 19.3 Å². The molecule has 1 saturated heterocycles. The number of ether oxygens (including phenoxy) is 2. The van der Waals surface area contributed by atoms with E-state index in [2.05, 4.69) is 19.3 Å². The van der Waals surface area contributed by atoms with Gasteiger partial charge in [0.25, 0.3) is 5.56 Å². The number of carbonyl (C=O) groups is 1. The molecule has 19 heteroatoms. The Morgan fingerprint density at radius 3 is 2.53 bits per heavy atom. The molecule has 0 aliphatic carbocycles. The summed E-state index contributed by atoms with van der Waals surface area (Å²) < 4.78 is 49.8. The molecule has 1 aliphatic heterocycles. The quantitative estimate of drug-likeness (QED) is 0.0872. The highest BCUT2D eigenvalue weighted by atomic mass is 31.3. The fraction of sp³-hybridized carbons (Fsp3) is 0.421. The molecule has 0 saturated carbocycles. The fourth-order valence-corrected chi connectivity index (χ4v) is 5.41. The second-order valence-electron chi connectivity index (χ2n) is 7.94. The van der Waals surface area contributed by atoms with E-state index in [1.807, 2.05) is 0 Å². The molecule has 3 rings (SSSR count). The summed E-state index contributed by atoms with van der Waals surface area (Å²) in [4.78, 5) is 59.3. The molecule has 2 heterocycles. The molecule has 0 radical (unpaired) electrons. The minimum Gasteiger partial charge on any atom is -0.427 e. The number of hydrogen-bond acceptors (Lipinski definition) is 11. The largest absolute Gasteiger partial charge is 0.481 e. The molecule has 206 valence electrons. The number of aromatic nitrogens is 2. The van der Waals surface area contributed by atoms with Crippen LogP contribution in [0.1, 0.15) is 30.7 Å². The maximum atomic E-state index is 12.3. The third-order valence-corrected chi connectivity index (χ3v) is 7.63. The predicted octanol–water partition coefficient (Wildman–Crippen LogP) is 2.19. The van der Waals surface area contributed by atoms with Crippen molar-refractivity contribution in [1.82, 2.24) is 9.55 Å². The highest BCUT2D eigenvalue weighted by Crippen LogP contribution is 2.61. The Kier molecular flexibility index (Phi) is 9.44. The topological polar surface area (TPSA) is 241 Å². The van der Waals surface area contributed by atoms with Crippen molar-refractivity contribution >= 4 is 21.6 Å². The van der Waals surface area contributed by atoms with Gasteiger partial charge in [0.1, 0.15) is 12.0 Å². The molecule has 2 aromatic rings. The Bertz CT molecular complexity index is 1430. The van der Waals surface area contributed by atoms with Gasteiger partial charge in [-0.1, -0.05) is 17.2 Å². The normalized spacial score (nSPS) is 22.2. The SMILES string of the molecule is CC(=O)Oc1ccc(COP(=O)(O)OP(=O)(O)OC[C@H]2O[C@@H](n3cc(C)c(=O)[nH]c3=O)C[C@@H]2N=[N+]=[N-])cc1. The number of nitrogens with zero attached hydrogens (tertiary/aromatic N) is 4. The van der Waals surface area contributed by atoms with Crippen LogP contribution < -0.4 is 16.0 Å². The molecule has 1 aromatic carbocycles. The van der Waals surface area contributed by atoms with Crippen LogP contribution in [0.25, 0.3) is 10.4 Å². The van der Waals surface area contributed by atoms with Crippen molar-refractivity contribution in [2.24, 2.45) is 5.11 Å². The lowest BCUT2D eigenvalue weighted by molar-refractivity contribution is -0.131. The molecule has 1 aromatic heterocycles. The van der Waals surface area contributed by atoms with Crippen LogP contribution in [0.3, 0.4) is 0 Å². The van der Waals surface area contributed by atoms with Gasteiger partial charge in [0.05, 0.1) is 25.4 Å². The van der Waals surface area contributed by atoms with Crippen molar-refractivity contribution in [2.45, 2.75) is 45.2 Å². The number of H-pyrrole nitrogens is 1. The Morgan fingerprint density at radius 2 is 1.89 bits per heavy atom. The van der Waals surface area contributed by atoms with E-state index in [9.17, 15) is 33.3 Å². The Balaban J connectivity index is 1.60. The third kappa shape index (κ3) is 8.20. The van der Waals surface area contributed by atoms with Gasteiger partial charge in [-0.05, 0) is 30.2 Å². The van der Waals surface area contributed by atoms with Crippen LogP contribution in [0.5, 0.6) is 5.75 Å². The van der Waals surface area contributed by atoms with Crippen molar-refractivity contribution in [3.63, 3.8) is 0 Å². The van der Waals surface area contributed by atoms with E-state index in [0.717, 1.165) is 4.57 Å². The van der Waals surface area contributed by atoms with Gasteiger partial charge in [0, 0.05) is 30.0 Å². The van der Waals surface area contributed by atoms with Gasteiger partial charge in [0.15, 0.2) is 0 Å². The predicted molar refractivity (Wildman–Crippen MR) is 127 cm³/mol. The summed E-state index contributed by atoms with van der Waals surface area (Å²) >= 11 is 0. The maximum Gasteiger partial charge on any atom is 0.481 e. The van der Waals surface area contributed by atoms with Crippen LogP contribution >= 0.6 is 15.6 Å². The van der Waals surface area contributed by atoms with Crippen molar-refractivity contribution in [3.8, 4) is 5.75 Å². The second-order valence-corrected chi connectivity index (χ2v) is 11.0. The highest BCUT2D eigenvalue weighted by molar-refractivity contribution is 7.61. The summed E-state index contributed by atoms with van der Waals surface area (Å²) in [6.07, 6.45) is -0.974. The molecule has 17 nitrogen and oxygen atoms in total. The lowest BCUT2D eigenvalue weighted by Crippen LogP contribution is -2.33. The van der Waals surface area contributed by atoms with Crippen LogP contribution in [0.4, 0.5) is 0 Å². The molecule has 0 bridgehead atoms. The van der Waals surface area contributed by atoms with Gasteiger partial charge in [-0.25, -0.2) is 13.9 Å². The average Bonchev–Trinajstić information content (AvgIpc) is 3.21. The first-order valence-electron chi connectivity index (χ1n) is 10.7. The number of azide groups is 1. The van der Waals surface area contributed by atoms with E-state index in [1.165, 1.54) is 44.3 Å². The standard InChI is InChI=1S/C19H23N5O12P2/c1-11-8-24(19(27)21-18(11)26)17-7-15(22-23-20)16(35-17)10-33-38(30,31)36-37(28,29)32-9-13-3-5-14(6-4-13)34-12(2)25/h3-6,8,15-17H,7,9-10H2,1-2H3,(H,28,29)(H,30,31)(H,21,26,27)/t15-,16+,17+/m0/s1. The molecule has 2 unspecified atom stereocenters. The minimum absolute atomic E-state index is 0.0437. The first-order chi connectivity index (χ1) is 17.8. The highest BCUT2D eigenvalue weighted by Gasteiger charge is 2.40. The molecule has 38 heavy (non-hydrogen) atoms. The Hall–Kier alpha value is -3.10. The van der Waals surface area contributed by atoms with Gasteiger partial charge in [-0.15, -0.1) is 0 Å². The summed E-state index contributed by atoms with van der Waals surface area (Å²) in [6.45, 7) is 1.44. The smallest absolute Gasteiger partial charge is 0.427 e. The van der Waals surface area contributed by atoms with Crippen LogP contribution in [0, 0.1) is 6.92 Å². The fourth-order valence-electron chi connectivity index (χ4n) is 3.34. The number of nitrogens with one attached hydrogen (secondary N) is 1. The lowest BCUT2D eigenvalue weighted by atomic mass is 10.1. The number of benzene rings is 1. The van der Waals surface area contributed by atoms with E-state index >= 15 is 0 Å². The molecule has 5 atom stereocenters. The zero-order valence-electron chi connectivity index (χ0n) is 19.9. The first kappa shape index (κ1) is 29.5. The summed E-state index contributed by atoms with van der Waals surface area (Å²) in [6, 6.07) is 4.69. The van der Waals surface area contributed by atoms with Crippen molar-refractivity contribution < 1.29 is 46.5 Å². The summed E-state index contributed by atoms with van der Waals surface area (Å²) in [5.41, 5.74) is 8.01. The Morgan fingerprint density at radius 1 is 1.24 bits per heavy atom. The van der Waals surface area contributed by atoms with E-state index in [0.29, 0.717) is 5.56 Å². The van der Waals surface area contributed by atoms with Gasteiger partial charge in [0.2, 0.25) is 0 Å². The molecule has 0 spiro atoms. The number of aryl methyl sites for hydroxylation is 1. The molecule has 0 amide bonds. The van der Waals surface area contributed by atoms with Crippen molar-refractivity contribution in [2.75, 3.05) is 6.61 Å². The summed E-state index contributed by atoms with van der Waals surface area (Å²) in [7, 11) is -10.3. The number of phosphoric acid groups is 2. The number of hydrogen-bond donors (Lipinski definition) is 3. The zero-order chi connectivity index (χ0) is 28.1. The minimum atomic E-state index is -5.20. The Labute approximate surface area is 213 Å². The number of esters is 1. The van der Waals surface area contributed by atoms with E-state index in [1.54, 1.807) is 0 Å². The van der Waals surface area contributed by atoms with Crippen LogP contribution in [-0.2, 0) is 38.6 Å². The van der Waals surface area contributed by atoms with Gasteiger partial charge in [-0.2, -0.15) is 4.31 Å². The number of aromatic amines is 1. The van der Waals surface area contributed by atoms with Gasteiger partial charge >= 0.3 is 27.3 Å². The monoisotopic (exact) mass is 575 g/mol. The summed E-state index contributed by atoms with van der Waals surface area (Å²) in [5, 5.41) is 3.53. The van der Waals surface area contributed by atoms with E-state index < -0.39 is 64.5 Å². The van der Waals surface area contributed by atoms with Crippen molar-refractivity contribution in [3.05, 3.63) is 72.9 Å². The molecule has 1 aliphatic rings. The molecular formula is C19H23N5O12P2. The average molecular weight is 575 g/mol. The number of phosphoric ester groups is 2. The lowest BCUT2D eigenvalue weighted by Gasteiger charge is -2.20. The van der Waals surface area contributed by atoms with Crippen LogP contribution in [0.2, 0.25) is 0 Å². The number of rotatable bonds is 11. The first-order valence-corrected chi connectivity index (χ1v) is 13.7. The van der Waals surface area contributed by atoms with E-state index in [-0.39, 0.29) is 17.7 Å². The zero-order valence-corrected chi connectivity index (χ0v) is 21.7. The van der Waals surface area contributed by atoms with E-state index in [4.69, 9.17) is 24.1 Å². The second kappa shape index (κ2) is 12.2. The van der Waals surface area contributed by atoms with Crippen molar-refractivity contribution in [1.29, 1.82) is 0 Å². The number of carbonyl (C=O) groups excluding carboxylic acids is 1. The van der Waals surface area contributed by atoms with Crippen LogP contribution in [-0.4, -0.2) is 44.1 Å². The van der Waals surface area contributed by atoms with Gasteiger partial charge in [-0.3, -0.25) is 28.2 Å². The third-order valence-electron chi connectivity index (χ3n) is 5.05. The molecular weight excluding hydrogens is 552 g/mol. The maximum absolute atomic E-state index is 12.3. The molecule has 1 fully saturated rings. The van der Waals surface area contributed by atoms with Crippen LogP contribution in [0.15, 0.2) is 45.2 Å².